The van der Waals surface area contributed by atoms with Gasteiger partial charge in [0.1, 0.15) is 5.69 Å². The lowest BCUT2D eigenvalue weighted by atomic mass is 10.2. The third-order valence-electron chi connectivity index (χ3n) is 3.09. The summed E-state index contributed by atoms with van der Waals surface area (Å²) in [5, 5.41) is 5.06. The Labute approximate surface area is 121 Å². The molecular formula is C15H13N5O. The second-order valence-corrected chi connectivity index (χ2v) is 4.50. The molecule has 0 unspecified atom stereocenters. The van der Waals surface area contributed by atoms with E-state index >= 15 is 0 Å². The van der Waals surface area contributed by atoms with Crippen molar-refractivity contribution in [2.75, 3.05) is 0 Å². The Morgan fingerprint density at radius 3 is 3.00 bits per heavy atom. The maximum Gasteiger partial charge on any atom is 0.291 e. The summed E-state index contributed by atoms with van der Waals surface area (Å²) in [6.07, 6.45) is 7.95. The average Bonchev–Trinajstić information content (AvgIpc) is 2.85. The topological polar surface area (TPSA) is 72.2 Å². The van der Waals surface area contributed by atoms with E-state index in [2.05, 4.69) is 20.5 Å². The highest BCUT2D eigenvalue weighted by atomic mass is 16.2. The minimum atomic E-state index is -0.389. The molecule has 3 aromatic rings. The Bertz CT molecular complexity index is 807. The van der Waals surface area contributed by atoms with Crippen LogP contribution in [-0.4, -0.2) is 26.7 Å². The third kappa shape index (κ3) is 2.64. The molecule has 0 radical (unpaired) electrons. The molecule has 6 nitrogen and oxygen atoms in total. The van der Waals surface area contributed by atoms with Crippen molar-refractivity contribution in [1.29, 1.82) is 0 Å². The molecule has 0 aliphatic carbocycles. The van der Waals surface area contributed by atoms with Gasteiger partial charge in [-0.15, -0.1) is 0 Å². The van der Waals surface area contributed by atoms with Gasteiger partial charge in [0, 0.05) is 42.1 Å². The number of nitrogens with one attached hydrogen (secondary N) is 1. The zero-order valence-corrected chi connectivity index (χ0v) is 11.4. The average molecular weight is 279 g/mol. The molecule has 0 saturated heterocycles. The predicted octanol–water partition coefficient (Wildman–Crippen LogP) is 1.73. The van der Waals surface area contributed by atoms with Crippen molar-refractivity contribution in [3.8, 4) is 0 Å². The van der Waals surface area contributed by atoms with Crippen LogP contribution in [0, 0.1) is 0 Å². The first kappa shape index (κ1) is 13.0. The second kappa shape index (κ2) is 5.54. The fourth-order valence-electron chi connectivity index (χ4n) is 2.11. The number of hydrazone groups is 1. The van der Waals surface area contributed by atoms with Crippen LogP contribution in [0.4, 0.5) is 0 Å². The maximum absolute atomic E-state index is 11.8. The fraction of sp³-hybridized carbons (Fsp3) is 0.0667. The molecule has 0 aliphatic rings. The van der Waals surface area contributed by atoms with Crippen molar-refractivity contribution < 1.29 is 4.79 Å². The standard InChI is InChI=1S/C15H13N5O/c1-20-10-11(12-4-2-3-5-14(12)20)8-18-19-15(21)13-9-16-6-7-17-13/h2-10H,1H3,(H,19,21)/b18-8-. The van der Waals surface area contributed by atoms with Crippen LogP contribution in [0.3, 0.4) is 0 Å². The normalized spacial score (nSPS) is 11.1. The summed E-state index contributed by atoms with van der Waals surface area (Å²) < 4.78 is 2.02. The second-order valence-electron chi connectivity index (χ2n) is 4.50. The SMILES string of the molecule is Cn1cc(/C=N\NC(=O)c2cnccn2)c2ccccc21. The largest absolute Gasteiger partial charge is 0.350 e. The molecule has 21 heavy (non-hydrogen) atoms. The number of nitrogens with zero attached hydrogens (tertiary/aromatic N) is 4. The Kier molecular flexibility index (Phi) is 3.42. The lowest BCUT2D eigenvalue weighted by molar-refractivity contribution is 0.0949. The van der Waals surface area contributed by atoms with Gasteiger partial charge in [-0.05, 0) is 6.07 Å². The quantitative estimate of drug-likeness (QED) is 0.586. The summed E-state index contributed by atoms with van der Waals surface area (Å²) in [4.78, 5) is 19.5. The molecule has 0 bridgehead atoms. The van der Waals surface area contributed by atoms with Gasteiger partial charge in [0.25, 0.3) is 5.91 Å². The van der Waals surface area contributed by atoms with Gasteiger partial charge in [-0.1, -0.05) is 18.2 Å². The first-order valence-corrected chi connectivity index (χ1v) is 6.39. The van der Waals surface area contributed by atoms with Gasteiger partial charge in [0.05, 0.1) is 12.4 Å². The van der Waals surface area contributed by atoms with E-state index < -0.39 is 0 Å². The van der Waals surface area contributed by atoms with E-state index in [9.17, 15) is 4.79 Å². The zero-order valence-electron chi connectivity index (χ0n) is 11.4. The summed E-state index contributed by atoms with van der Waals surface area (Å²) in [5.41, 5.74) is 4.72. The summed E-state index contributed by atoms with van der Waals surface area (Å²) in [7, 11) is 1.97. The van der Waals surface area contributed by atoms with Crippen LogP contribution < -0.4 is 5.43 Å². The smallest absolute Gasteiger partial charge is 0.291 e. The van der Waals surface area contributed by atoms with Gasteiger partial charge in [-0.3, -0.25) is 9.78 Å². The molecule has 6 heteroatoms. The first-order chi connectivity index (χ1) is 10.3. The number of benzene rings is 1. The van der Waals surface area contributed by atoms with E-state index in [1.165, 1.54) is 18.6 Å². The highest BCUT2D eigenvalue weighted by molar-refractivity contribution is 6.00. The molecular weight excluding hydrogens is 266 g/mol. The maximum atomic E-state index is 11.8. The van der Waals surface area contributed by atoms with Gasteiger partial charge in [0.2, 0.25) is 0 Å². The molecule has 104 valence electrons. The minimum Gasteiger partial charge on any atom is -0.350 e. The number of carbonyl (C=O) groups excluding carboxylic acids is 1. The molecule has 2 heterocycles. The number of para-hydroxylation sites is 1. The van der Waals surface area contributed by atoms with Crippen LogP contribution in [0.1, 0.15) is 16.1 Å². The van der Waals surface area contributed by atoms with E-state index in [0.717, 1.165) is 16.5 Å². The molecule has 0 saturated carbocycles. The lowest BCUT2D eigenvalue weighted by Gasteiger charge is -1.97. The molecule has 1 amide bonds. The molecule has 1 N–H and O–H groups in total. The van der Waals surface area contributed by atoms with Gasteiger partial charge in [-0.25, -0.2) is 10.4 Å². The summed E-state index contributed by atoms with van der Waals surface area (Å²) in [6, 6.07) is 8.00. The molecule has 3 rings (SSSR count). The van der Waals surface area contributed by atoms with Crippen molar-refractivity contribution in [3.05, 3.63) is 60.3 Å². The number of aromatic nitrogens is 3. The molecule has 2 aromatic heterocycles. The third-order valence-corrected chi connectivity index (χ3v) is 3.09. The Balaban J connectivity index is 1.78. The highest BCUT2D eigenvalue weighted by Gasteiger charge is 2.06. The molecule has 1 aromatic carbocycles. The number of hydrogen-bond acceptors (Lipinski definition) is 4. The van der Waals surface area contributed by atoms with E-state index in [-0.39, 0.29) is 11.6 Å². The van der Waals surface area contributed by atoms with Crippen molar-refractivity contribution in [1.82, 2.24) is 20.0 Å². The van der Waals surface area contributed by atoms with Crippen LogP contribution in [0.15, 0.2) is 54.2 Å². The molecule has 0 aliphatic heterocycles. The van der Waals surface area contributed by atoms with Gasteiger partial charge >= 0.3 is 0 Å². The predicted molar refractivity (Wildman–Crippen MR) is 80.0 cm³/mol. The van der Waals surface area contributed by atoms with Crippen LogP contribution in [0.25, 0.3) is 10.9 Å². The van der Waals surface area contributed by atoms with Crippen LogP contribution in [-0.2, 0) is 7.05 Å². The lowest BCUT2D eigenvalue weighted by Crippen LogP contribution is -2.19. The Morgan fingerprint density at radius 1 is 1.33 bits per heavy atom. The van der Waals surface area contributed by atoms with Gasteiger partial charge in [0.15, 0.2) is 0 Å². The van der Waals surface area contributed by atoms with Crippen molar-refractivity contribution in [3.63, 3.8) is 0 Å². The van der Waals surface area contributed by atoms with E-state index in [0.29, 0.717) is 0 Å². The summed E-state index contributed by atoms with van der Waals surface area (Å²) in [5.74, 6) is -0.389. The molecule has 0 atom stereocenters. The van der Waals surface area contributed by atoms with E-state index in [1.54, 1.807) is 6.21 Å². The molecule has 0 spiro atoms. The summed E-state index contributed by atoms with van der Waals surface area (Å²) in [6.45, 7) is 0. The summed E-state index contributed by atoms with van der Waals surface area (Å²) >= 11 is 0. The van der Waals surface area contributed by atoms with Crippen molar-refractivity contribution in [2.45, 2.75) is 0 Å². The number of fused-ring (bicyclic) bond motifs is 1. The number of carbonyl (C=O) groups is 1. The number of rotatable bonds is 3. The van der Waals surface area contributed by atoms with Crippen molar-refractivity contribution >= 4 is 23.0 Å². The van der Waals surface area contributed by atoms with Crippen LogP contribution >= 0.6 is 0 Å². The first-order valence-electron chi connectivity index (χ1n) is 6.39. The Hall–Kier alpha value is -3.02. The monoisotopic (exact) mass is 279 g/mol. The van der Waals surface area contributed by atoms with E-state index in [1.807, 2.05) is 42.1 Å². The highest BCUT2D eigenvalue weighted by Crippen LogP contribution is 2.18. The minimum absolute atomic E-state index is 0.229. The van der Waals surface area contributed by atoms with Crippen molar-refractivity contribution in [2.24, 2.45) is 12.1 Å². The number of aryl methyl sites for hydroxylation is 1. The Morgan fingerprint density at radius 2 is 2.19 bits per heavy atom. The number of amides is 1. The number of hydrogen-bond donors (Lipinski definition) is 1. The molecule has 0 fully saturated rings. The van der Waals surface area contributed by atoms with Gasteiger partial charge < -0.3 is 4.57 Å². The van der Waals surface area contributed by atoms with Crippen LogP contribution in [0.2, 0.25) is 0 Å². The zero-order chi connectivity index (χ0) is 14.7. The van der Waals surface area contributed by atoms with E-state index in [4.69, 9.17) is 0 Å². The van der Waals surface area contributed by atoms with Gasteiger partial charge in [-0.2, -0.15) is 5.10 Å². The van der Waals surface area contributed by atoms with Crippen LogP contribution in [0.5, 0.6) is 0 Å². The fourth-order valence-corrected chi connectivity index (χ4v) is 2.11.